The Hall–Kier alpha value is -2.27. The summed E-state index contributed by atoms with van der Waals surface area (Å²) in [5.41, 5.74) is 5.71. The van der Waals surface area contributed by atoms with E-state index in [1.165, 1.54) is 4.70 Å². The zero-order chi connectivity index (χ0) is 11.9. The Morgan fingerprint density at radius 3 is 3.06 bits per heavy atom. The molecule has 5 heteroatoms. The van der Waals surface area contributed by atoms with Crippen LogP contribution in [0.5, 0.6) is 0 Å². The molecule has 0 amide bonds. The Labute approximate surface area is 106 Å². The second-order valence-electron chi connectivity index (χ2n) is 3.97. The van der Waals surface area contributed by atoms with E-state index < -0.39 is 0 Å². The Morgan fingerprint density at radius 1 is 1.06 bits per heavy atom. The maximum Gasteiger partial charge on any atom is 0.141 e. The molecule has 0 saturated heterocycles. The smallest absolute Gasteiger partial charge is 0.141 e. The van der Waals surface area contributed by atoms with Crippen LogP contribution in [0.25, 0.3) is 32.5 Å². The highest BCUT2D eigenvalue weighted by molar-refractivity contribution is 7.16. The lowest BCUT2D eigenvalue weighted by atomic mass is 10.1. The van der Waals surface area contributed by atoms with Crippen LogP contribution in [-0.2, 0) is 0 Å². The zero-order valence-corrected chi connectivity index (χ0v) is 10.1. The van der Waals surface area contributed by atoms with Crippen LogP contribution in [-0.4, -0.2) is 19.9 Å². The van der Waals surface area contributed by atoms with Crippen molar-refractivity contribution in [2.75, 3.05) is 0 Å². The lowest BCUT2D eigenvalue weighted by molar-refractivity contribution is 1.20. The van der Waals surface area contributed by atoms with E-state index in [2.05, 4.69) is 32.1 Å². The van der Waals surface area contributed by atoms with Crippen LogP contribution in [0.3, 0.4) is 0 Å². The number of fused-ring (bicyclic) bond motifs is 2. The molecule has 0 aliphatic carbocycles. The third-order valence-electron chi connectivity index (χ3n) is 2.97. The highest BCUT2D eigenvalue weighted by Gasteiger charge is 2.11. The summed E-state index contributed by atoms with van der Waals surface area (Å²) in [7, 11) is 0. The van der Waals surface area contributed by atoms with E-state index in [4.69, 9.17) is 0 Å². The molecule has 0 saturated carbocycles. The van der Waals surface area contributed by atoms with Crippen molar-refractivity contribution in [3.63, 3.8) is 0 Å². The summed E-state index contributed by atoms with van der Waals surface area (Å²) in [6, 6.07) is 8.16. The summed E-state index contributed by atoms with van der Waals surface area (Å²) in [6.45, 7) is 0. The number of aromatic nitrogens is 4. The minimum Gasteiger partial charge on any atom is -0.346 e. The van der Waals surface area contributed by atoms with Crippen LogP contribution >= 0.6 is 11.3 Å². The Balaban J connectivity index is 2.13. The maximum absolute atomic E-state index is 4.43. The molecule has 0 atom stereocenters. The first-order valence-corrected chi connectivity index (χ1v) is 6.42. The monoisotopic (exact) mass is 252 g/mol. The summed E-state index contributed by atoms with van der Waals surface area (Å²) in [6.07, 6.45) is 3.46. The van der Waals surface area contributed by atoms with Crippen molar-refractivity contribution in [3.05, 3.63) is 42.3 Å². The topological polar surface area (TPSA) is 54.5 Å². The van der Waals surface area contributed by atoms with E-state index in [0.29, 0.717) is 0 Å². The Kier molecular flexibility index (Phi) is 1.95. The maximum atomic E-state index is 4.43. The van der Waals surface area contributed by atoms with Gasteiger partial charge in [0.25, 0.3) is 0 Å². The Bertz CT molecular complexity index is 774. The molecule has 4 aromatic rings. The van der Waals surface area contributed by atoms with E-state index >= 15 is 0 Å². The fourth-order valence-electron chi connectivity index (χ4n) is 2.16. The Morgan fingerprint density at radius 2 is 2.06 bits per heavy atom. The number of hydrogen-bond donors (Lipinski definition) is 1. The molecule has 1 N–H and O–H groups in total. The van der Waals surface area contributed by atoms with Gasteiger partial charge in [-0.3, -0.25) is 0 Å². The van der Waals surface area contributed by atoms with Gasteiger partial charge < -0.3 is 4.98 Å². The lowest BCUT2D eigenvalue weighted by Crippen LogP contribution is -1.88. The second-order valence-corrected chi connectivity index (χ2v) is 4.85. The molecule has 0 fully saturated rings. The van der Waals surface area contributed by atoms with E-state index in [0.717, 1.165) is 27.8 Å². The third kappa shape index (κ3) is 1.28. The minimum absolute atomic E-state index is 0.854. The van der Waals surface area contributed by atoms with E-state index in [1.54, 1.807) is 17.7 Å². The van der Waals surface area contributed by atoms with Crippen LogP contribution in [0, 0.1) is 0 Å². The molecule has 18 heavy (non-hydrogen) atoms. The van der Waals surface area contributed by atoms with Gasteiger partial charge in [-0.05, 0) is 12.1 Å². The molecule has 3 heterocycles. The molecule has 4 nitrogen and oxygen atoms in total. The zero-order valence-electron chi connectivity index (χ0n) is 9.29. The van der Waals surface area contributed by atoms with Crippen molar-refractivity contribution in [1.29, 1.82) is 0 Å². The molecule has 0 unspecified atom stereocenters. The number of thiazole rings is 1. The number of benzene rings is 1. The van der Waals surface area contributed by atoms with Crippen molar-refractivity contribution in [2.24, 2.45) is 0 Å². The first-order chi connectivity index (χ1) is 8.93. The average molecular weight is 252 g/mol. The minimum atomic E-state index is 0.854. The van der Waals surface area contributed by atoms with Gasteiger partial charge >= 0.3 is 0 Å². The van der Waals surface area contributed by atoms with E-state index in [-0.39, 0.29) is 0 Å². The molecule has 0 aliphatic rings. The second kappa shape index (κ2) is 3.61. The number of H-pyrrole nitrogens is 1. The first kappa shape index (κ1) is 9.73. The average Bonchev–Trinajstić information content (AvgIpc) is 3.06. The fraction of sp³-hybridized carbons (Fsp3) is 0. The number of rotatable bonds is 1. The van der Waals surface area contributed by atoms with Crippen molar-refractivity contribution in [1.82, 2.24) is 19.9 Å². The SMILES string of the molecule is c1cc(-c2ncnc3[nH]ccc23)c2ncsc2c1. The van der Waals surface area contributed by atoms with Gasteiger partial charge in [-0.1, -0.05) is 12.1 Å². The van der Waals surface area contributed by atoms with Crippen molar-refractivity contribution in [3.8, 4) is 11.3 Å². The van der Waals surface area contributed by atoms with Gasteiger partial charge in [-0.15, -0.1) is 11.3 Å². The van der Waals surface area contributed by atoms with Crippen molar-refractivity contribution >= 4 is 32.6 Å². The molecular formula is C13H8N4S. The van der Waals surface area contributed by atoms with Crippen LogP contribution in [0.2, 0.25) is 0 Å². The van der Waals surface area contributed by atoms with E-state index in [9.17, 15) is 0 Å². The summed E-state index contributed by atoms with van der Waals surface area (Å²) in [4.78, 5) is 16.2. The van der Waals surface area contributed by atoms with E-state index in [1.807, 2.05) is 23.8 Å². The third-order valence-corrected chi connectivity index (χ3v) is 3.76. The summed E-state index contributed by atoms with van der Waals surface area (Å²) >= 11 is 1.64. The molecule has 1 aromatic carbocycles. The highest BCUT2D eigenvalue weighted by atomic mass is 32.1. The molecule has 4 rings (SSSR count). The summed E-state index contributed by atoms with van der Waals surface area (Å²) in [5, 5.41) is 1.03. The van der Waals surface area contributed by atoms with Gasteiger partial charge in [0.15, 0.2) is 0 Å². The first-order valence-electron chi connectivity index (χ1n) is 5.54. The number of nitrogens with zero attached hydrogens (tertiary/aromatic N) is 3. The molecule has 0 radical (unpaired) electrons. The van der Waals surface area contributed by atoms with Crippen LogP contribution in [0.1, 0.15) is 0 Å². The van der Waals surface area contributed by atoms with Gasteiger partial charge in [0.2, 0.25) is 0 Å². The molecule has 0 spiro atoms. The van der Waals surface area contributed by atoms with Crippen LogP contribution in [0.4, 0.5) is 0 Å². The predicted octanol–water partition coefficient (Wildman–Crippen LogP) is 3.23. The molecule has 86 valence electrons. The van der Waals surface area contributed by atoms with Crippen molar-refractivity contribution < 1.29 is 0 Å². The molecular weight excluding hydrogens is 244 g/mol. The number of hydrogen-bond acceptors (Lipinski definition) is 4. The van der Waals surface area contributed by atoms with Crippen molar-refractivity contribution in [2.45, 2.75) is 0 Å². The van der Waals surface area contributed by atoms with Gasteiger partial charge in [-0.2, -0.15) is 0 Å². The summed E-state index contributed by atoms with van der Waals surface area (Å²) < 4.78 is 1.18. The highest BCUT2D eigenvalue weighted by Crippen LogP contribution is 2.31. The largest absolute Gasteiger partial charge is 0.346 e. The van der Waals surface area contributed by atoms with Crippen LogP contribution < -0.4 is 0 Å². The van der Waals surface area contributed by atoms with Gasteiger partial charge in [0.1, 0.15) is 12.0 Å². The predicted molar refractivity (Wildman–Crippen MR) is 72.5 cm³/mol. The summed E-state index contributed by atoms with van der Waals surface area (Å²) in [5.74, 6) is 0. The standard InChI is InChI=1S/C13H8N4S/c1-2-8(12-10(3-1)18-7-17-12)11-9-4-5-14-13(9)16-6-15-11/h1-7H,(H,14,15,16). The number of nitrogens with one attached hydrogen (secondary N) is 1. The van der Waals surface area contributed by atoms with Gasteiger partial charge in [0.05, 0.1) is 21.4 Å². The number of aromatic amines is 1. The molecule has 3 aromatic heterocycles. The normalized spacial score (nSPS) is 11.3. The molecule has 0 bridgehead atoms. The van der Waals surface area contributed by atoms with Gasteiger partial charge in [0, 0.05) is 17.1 Å². The quantitative estimate of drug-likeness (QED) is 0.566. The molecule has 0 aliphatic heterocycles. The number of para-hydroxylation sites is 1. The van der Waals surface area contributed by atoms with Gasteiger partial charge in [-0.25, -0.2) is 15.0 Å². The van der Waals surface area contributed by atoms with Crippen LogP contribution in [0.15, 0.2) is 42.3 Å². The fourth-order valence-corrected chi connectivity index (χ4v) is 2.87. The lowest BCUT2D eigenvalue weighted by Gasteiger charge is -2.02.